The molecule has 2 amide bonds. The van der Waals surface area contributed by atoms with E-state index in [2.05, 4.69) is 6.58 Å². The van der Waals surface area contributed by atoms with Crippen LogP contribution in [0, 0.1) is 11.8 Å². The van der Waals surface area contributed by atoms with Gasteiger partial charge in [0.1, 0.15) is 6.61 Å². The second kappa shape index (κ2) is 5.14. The molecule has 0 unspecified atom stereocenters. The van der Waals surface area contributed by atoms with Crippen molar-refractivity contribution in [3.63, 3.8) is 0 Å². The van der Waals surface area contributed by atoms with E-state index >= 15 is 0 Å². The lowest BCUT2D eigenvalue weighted by Crippen LogP contribution is -2.44. The van der Waals surface area contributed by atoms with Gasteiger partial charge in [-0.1, -0.05) is 26.8 Å². The van der Waals surface area contributed by atoms with Gasteiger partial charge in [-0.05, 0) is 12.3 Å². The summed E-state index contributed by atoms with van der Waals surface area (Å²) in [6, 6.07) is -0.132. The first-order chi connectivity index (χ1) is 7.49. The maximum Gasteiger partial charge on any atom is 0.416 e. The van der Waals surface area contributed by atoms with Crippen LogP contribution in [0.25, 0.3) is 0 Å². The van der Waals surface area contributed by atoms with E-state index in [4.69, 9.17) is 4.74 Å². The molecule has 0 aliphatic carbocycles. The zero-order chi connectivity index (χ0) is 12.3. The molecule has 90 valence electrons. The topological polar surface area (TPSA) is 46.6 Å². The van der Waals surface area contributed by atoms with Crippen molar-refractivity contribution in [2.45, 2.75) is 33.2 Å². The van der Waals surface area contributed by atoms with E-state index in [0.717, 1.165) is 0 Å². The molecule has 1 rings (SSSR count). The van der Waals surface area contributed by atoms with Gasteiger partial charge in [0.2, 0.25) is 5.91 Å². The Morgan fingerprint density at radius 2 is 2.25 bits per heavy atom. The van der Waals surface area contributed by atoms with E-state index < -0.39 is 6.09 Å². The molecule has 1 aliphatic heterocycles. The van der Waals surface area contributed by atoms with E-state index in [9.17, 15) is 9.59 Å². The van der Waals surface area contributed by atoms with Crippen LogP contribution >= 0.6 is 0 Å². The number of nitrogens with zero attached hydrogens (tertiary/aromatic N) is 1. The third kappa shape index (κ3) is 2.43. The van der Waals surface area contributed by atoms with Crippen molar-refractivity contribution in [1.82, 2.24) is 4.90 Å². The molecule has 16 heavy (non-hydrogen) atoms. The highest BCUT2D eigenvalue weighted by molar-refractivity contribution is 5.94. The fraction of sp³-hybridized carbons (Fsp3) is 0.667. The molecular formula is C12H19NO3. The van der Waals surface area contributed by atoms with Crippen LogP contribution in [0.5, 0.6) is 0 Å². The summed E-state index contributed by atoms with van der Waals surface area (Å²) in [4.78, 5) is 24.8. The van der Waals surface area contributed by atoms with Gasteiger partial charge in [0.25, 0.3) is 0 Å². The molecule has 0 spiro atoms. The van der Waals surface area contributed by atoms with Gasteiger partial charge in [-0.2, -0.15) is 0 Å². The van der Waals surface area contributed by atoms with Gasteiger partial charge in [-0.15, -0.1) is 6.58 Å². The van der Waals surface area contributed by atoms with Gasteiger partial charge < -0.3 is 4.74 Å². The predicted octanol–water partition coefficient (Wildman–Crippen LogP) is 2.20. The standard InChI is InChI=1S/C12H19NO3/c1-5-6-9(4)11(14)13-10(8(2)3)7-16-12(13)15/h5,8-10H,1,6-7H2,2-4H3/t9-,10-/m0/s1. The largest absolute Gasteiger partial charge is 0.447 e. The lowest BCUT2D eigenvalue weighted by atomic mass is 10.0. The van der Waals surface area contributed by atoms with Gasteiger partial charge in [0.05, 0.1) is 6.04 Å². The molecule has 0 bridgehead atoms. The summed E-state index contributed by atoms with van der Waals surface area (Å²) in [6.07, 6.45) is 1.75. The molecule has 0 saturated carbocycles. The smallest absolute Gasteiger partial charge is 0.416 e. The fourth-order valence-electron chi connectivity index (χ4n) is 1.77. The average molecular weight is 225 g/mol. The normalized spacial score (nSPS) is 22.1. The number of ether oxygens (including phenoxy) is 1. The van der Waals surface area contributed by atoms with E-state index in [0.29, 0.717) is 13.0 Å². The molecule has 1 aliphatic rings. The average Bonchev–Trinajstić information content (AvgIpc) is 2.59. The number of allylic oxidation sites excluding steroid dienone is 1. The van der Waals surface area contributed by atoms with Crippen molar-refractivity contribution < 1.29 is 14.3 Å². The minimum atomic E-state index is -0.514. The highest BCUT2D eigenvalue weighted by Gasteiger charge is 2.40. The Kier molecular flexibility index (Phi) is 4.10. The Balaban J connectivity index is 2.79. The van der Waals surface area contributed by atoms with Crippen LogP contribution in [0.15, 0.2) is 12.7 Å². The Morgan fingerprint density at radius 1 is 1.62 bits per heavy atom. The molecule has 0 aromatic carbocycles. The summed E-state index contributed by atoms with van der Waals surface area (Å²) in [5.74, 6) is -0.170. The molecule has 1 fully saturated rings. The van der Waals surface area contributed by atoms with Crippen LogP contribution in [-0.4, -0.2) is 29.5 Å². The molecule has 0 N–H and O–H groups in total. The Labute approximate surface area is 96.3 Å². The van der Waals surface area contributed by atoms with Crippen molar-refractivity contribution in [2.24, 2.45) is 11.8 Å². The summed E-state index contributed by atoms with van der Waals surface area (Å²) < 4.78 is 4.93. The van der Waals surface area contributed by atoms with Crippen LogP contribution in [0.2, 0.25) is 0 Å². The first kappa shape index (κ1) is 12.7. The Bertz CT molecular complexity index is 299. The minimum Gasteiger partial charge on any atom is -0.447 e. The van der Waals surface area contributed by atoms with E-state index in [1.54, 1.807) is 13.0 Å². The summed E-state index contributed by atoms with van der Waals surface area (Å²) in [6.45, 7) is 9.66. The van der Waals surface area contributed by atoms with Crippen molar-refractivity contribution >= 4 is 12.0 Å². The monoisotopic (exact) mass is 225 g/mol. The number of carbonyl (C=O) groups excluding carboxylic acids is 2. The molecule has 4 heteroatoms. The molecule has 0 aromatic rings. The minimum absolute atomic E-state index is 0.132. The van der Waals surface area contributed by atoms with Crippen LogP contribution in [-0.2, 0) is 9.53 Å². The second-order valence-corrected chi connectivity index (χ2v) is 4.52. The first-order valence-electron chi connectivity index (χ1n) is 5.59. The first-order valence-corrected chi connectivity index (χ1v) is 5.59. The van der Waals surface area contributed by atoms with Gasteiger partial charge in [0, 0.05) is 5.92 Å². The molecule has 0 radical (unpaired) electrons. The van der Waals surface area contributed by atoms with Crippen molar-refractivity contribution in [2.75, 3.05) is 6.61 Å². The number of hydrogen-bond acceptors (Lipinski definition) is 3. The van der Waals surface area contributed by atoms with E-state index in [1.807, 2.05) is 13.8 Å². The fourth-order valence-corrected chi connectivity index (χ4v) is 1.77. The Hall–Kier alpha value is -1.32. The van der Waals surface area contributed by atoms with Crippen molar-refractivity contribution in [1.29, 1.82) is 0 Å². The molecule has 2 atom stereocenters. The van der Waals surface area contributed by atoms with Gasteiger partial charge in [-0.25, -0.2) is 9.69 Å². The summed E-state index contributed by atoms with van der Waals surface area (Å²) in [5, 5.41) is 0. The highest BCUT2D eigenvalue weighted by Crippen LogP contribution is 2.22. The van der Waals surface area contributed by atoms with Crippen LogP contribution in [0.4, 0.5) is 4.79 Å². The lowest BCUT2D eigenvalue weighted by molar-refractivity contribution is -0.133. The quantitative estimate of drug-likeness (QED) is 0.689. The van der Waals surface area contributed by atoms with Crippen molar-refractivity contribution in [3.8, 4) is 0 Å². The van der Waals surface area contributed by atoms with Gasteiger partial charge in [-0.3, -0.25) is 4.79 Å². The third-order valence-electron chi connectivity index (χ3n) is 2.85. The molecular weight excluding hydrogens is 206 g/mol. The molecule has 1 saturated heterocycles. The summed E-state index contributed by atoms with van der Waals surface area (Å²) >= 11 is 0. The zero-order valence-corrected chi connectivity index (χ0v) is 10.1. The maximum atomic E-state index is 12.0. The zero-order valence-electron chi connectivity index (χ0n) is 10.1. The Morgan fingerprint density at radius 3 is 2.75 bits per heavy atom. The predicted molar refractivity (Wildman–Crippen MR) is 60.8 cm³/mol. The summed E-state index contributed by atoms with van der Waals surface area (Å²) in [5.41, 5.74) is 0. The molecule has 1 heterocycles. The number of carbonyl (C=O) groups is 2. The number of cyclic esters (lactones) is 1. The number of rotatable bonds is 4. The summed E-state index contributed by atoms with van der Waals surface area (Å²) in [7, 11) is 0. The second-order valence-electron chi connectivity index (χ2n) is 4.52. The lowest BCUT2D eigenvalue weighted by Gasteiger charge is -2.24. The van der Waals surface area contributed by atoms with Gasteiger partial charge >= 0.3 is 6.09 Å². The van der Waals surface area contributed by atoms with Crippen molar-refractivity contribution in [3.05, 3.63) is 12.7 Å². The number of imide groups is 1. The maximum absolute atomic E-state index is 12.0. The third-order valence-corrected chi connectivity index (χ3v) is 2.85. The number of hydrogen-bond donors (Lipinski definition) is 0. The SMILES string of the molecule is C=CC[C@H](C)C(=O)N1C(=O)OC[C@H]1C(C)C. The highest BCUT2D eigenvalue weighted by atomic mass is 16.6. The van der Waals surface area contributed by atoms with Crippen LogP contribution in [0.3, 0.4) is 0 Å². The van der Waals surface area contributed by atoms with E-state index in [1.165, 1.54) is 4.90 Å². The van der Waals surface area contributed by atoms with E-state index in [-0.39, 0.29) is 23.8 Å². The number of amides is 2. The van der Waals surface area contributed by atoms with Crippen LogP contribution in [0.1, 0.15) is 27.2 Å². The van der Waals surface area contributed by atoms with Gasteiger partial charge in [0.15, 0.2) is 0 Å². The molecule has 4 nitrogen and oxygen atoms in total. The molecule has 0 aromatic heterocycles. The van der Waals surface area contributed by atoms with Crippen LogP contribution < -0.4 is 0 Å².